The molecule has 2 N–H and O–H groups in total. The van der Waals surface area contributed by atoms with Crippen LogP contribution in [-0.4, -0.2) is 42.6 Å². The fourth-order valence-electron chi connectivity index (χ4n) is 2.84. The van der Waals surface area contributed by atoms with Crippen molar-refractivity contribution in [3.63, 3.8) is 0 Å². The monoisotopic (exact) mass is 333 g/mol. The van der Waals surface area contributed by atoms with Crippen LogP contribution in [0.5, 0.6) is 0 Å². The number of likely N-dealkylation sites (N-methyl/N-ethyl adjacent to an activating group) is 1. The number of carbonyl (C=O) groups is 2. The maximum absolute atomic E-state index is 12.5. The Kier molecular flexibility index (Phi) is 6.61. The lowest BCUT2D eigenvalue weighted by atomic mass is 10.1. The van der Waals surface area contributed by atoms with Crippen LogP contribution >= 0.6 is 0 Å². The molecule has 0 aliphatic carbocycles. The van der Waals surface area contributed by atoms with Gasteiger partial charge in [-0.1, -0.05) is 12.1 Å². The molecule has 1 heterocycles. The largest absolute Gasteiger partial charge is 0.376 e. The van der Waals surface area contributed by atoms with Crippen LogP contribution in [0.2, 0.25) is 0 Å². The smallest absolute Gasteiger partial charge is 0.317 e. The molecule has 1 fully saturated rings. The van der Waals surface area contributed by atoms with Gasteiger partial charge in [0.2, 0.25) is 5.91 Å². The molecule has 2 rings (SSSR count). The Hall–Kier alpha value is -2.08. The van der Waals surface area contributed by atoms with Crippen molar-refractivity contribution in [1.82, 2.24) is 10.2 Å². The third-order valence-corrected chi connectivity index (χ3v) is 4.16. The number of ether oxygens (including phenoxy) is 1. The molecule has 0 spiro atoms. The van der Waals surface area contributed by atoms with Crippen LogP contribution in [-0.2, 0) is 9.53 Å². The van der Waals surface area contributed by atoms with Crippen molar-refractivity contribution in [3.8, 4) is 0 Å². The Bertz CT molecular complexity index is 570. The fraction of sp³-hybridized carbons (Fsp3) is 0.556. The summed E-state index contributed by atoms with van der Waals surface area (Å²) in [4.78, 5) is 25.4. The minimum atomic E-state index is -0.148. The molecule has 1 aromatic rings. The summed E-state index contributed by atoms with van der Waals surface area (Å²) in [5, 5.41) is 5.78. The minimum absolute atomic E-state index is 0.0922. The zero-order chi connectivity index (χ0) is 17.5. The normalized spacial score (nSPS) is 18.0. The minimum Gasteiger partial charge on any atom is -0.376 e. The highest BCUT2D eigenvalue weighted by atomic mass is 16.5. The van der Waals surface area contributed by atoms with E-state index in [0.29, 0.717) is 13.1 Å². The van der Waals surface area contributed by atoms with Gasteiger partial charge in [0, 0.05) is 32.3 Å². The maximum atomic E-state index is 12.5. The standard InChI is InChI=1S/C18H27N3O3/c1-4-21(12-17-9-6-10-24-17)18(23)19-13(2)15-7-5-8-16(11-15)20-14(3)22/h5,7-8,11,13,17H,4,6,9-10,12H2,1-3H3,(H,19,23)(H,20,22). The molecule has 2 atom stereocenters. The zero-order valence-electron chi connectivity index (χ0n) is 14.7. The van der Waals surface area contributed by atoms with E-state index in [1.165, 1.54) is 6.92 Å². The highest BCUT2D eigenvalue weighted by Gasteiger charge is 2.22. The third kappa shape index (κ3) is 5.23. The first-order valence-electron chi connectivity index (χ1n) is 8.54. The number of hydrogen-bond acceptors (Lipinski definition) is 3. The number of carbonyl (C=O) groups excluding carboxylic acids is 2. The first-order valence-corrected chi connectivity index (χ1v) is 8.54. The molecule has 3 amide bonds. The molecule has 0 bridgehead atoms. The van der Waals surface area contributed by atoms with Crippen LogP contribution in [0.15, 0.2) is 24.3 Å². The molecular weight excluding hydrogens is 306 g/mol. The lowest BCUT2D eigenvalue weighted by molar-refractivity contribution is -0.114. The zero-order valence-corrected chi connectivity index (χ0v) is 14.7. The van der Waals surface area contributed by atoms with Crippen molar-refractivity contribution in [2.24, 2.45) is 0 Å². The number of hydrogen-bond donors (Lipinski definition) is 2. The van der Waals surface area contributed by atoms with Gasteiger partial charge in [-0.2, -0.15) is 0 Å². The second kappa shape index (κ2) is 8.68. The quantitative estimate of drug-likeness (QED) is 0.841. The summed E-state index contributed by atoms with van der Waals surface area (Å²) in [6.45, 7) is 7.44. The van der Waals surface area contributed by atoms with Crippen molar-refractivity contribution in [2.45, 2.75) is 45.8 Å². The number of nitrogens with zero attached hydrogens (tertiary/aromatic N) is 1. The number of amides is 3. The third-order valence-electron chi connectivity index (χ3n) is 4.16. The van der Waals surface area contributed by atoms with Crippen molar-refractivity contribution in [1.29, 1.82) is 0 Å². The molecule has 0 aromatic heterocycles. The van der Waals surface area contributed by atoms with Gasteiger partial charge < -0.3 is 20.3 Å². The van der Waals surface area contributed by atoms with Crippen molar-refractivity contribution in [2.75, 3.05) is 25.0 Å². The van der Waals surface area contributed by atoms with Gasteiger partial charge in [-0.05, 0) is 44.4 Å². The number of anilines is 1. The Balaban J connectivity index is 1.95. The van der Waals surface area contributed by atoms with Crippen molar-refractivity contribution in [3.05, 3.63) is 29.8 Å². The van der Waals surface area contributed by atoms with Crippen LogP contribution in [0.25, 0.3) is 0 Å². The highest BCUT2D eigenvalue weighted by Crippen LogP contribution is 2.18. The van der Waals surface area contributed by atoms with E-state index in [2.05, 4.69) is 10.6 Å². The summed E-state index contributed by atoms with van der Waals surface area (Å²) in [5.74, 6) is -0.113. The fourth-order valence-corrected chi connectivity index (χ4v) is 2.84. The first kappa shape index (κ1) is 18.3. The van der Waals surface area contributed by atoms with Gasteiger partial charge in [-0.15, -0.1) is 0 Å². The van der Waals surface area contributed by atoms with Gasteiger partial charge in [0.15, 0.2) is 0 Å². The van der Waals surface area contributed by atoms with E-state index in [4.69, 9.17) is 4.74 Å². The number of rotatable bonds is 6. The molecule has 1 aliphatic rings. The molecule has 2 unspecified atom stereocenters. The van der Waals surface area contributed by atoms with Crippen LogP contribution in [0, 0.1) is 0 Å². The lowest BCUT2D eigenvalue weighted by Gasteiger charge is -2.26. The van der Waals surface area contributed by atoms with E-state index in [1.807, 2.05) is 38.1 Å². The first-order chi connectivity index (χ1) is 11.5. The summed E-state index contributed by atoms with van der Waals surface area (Å²) in [7, 11) is 0. The molecule has 132 valence electrons. The maximum Gasteiger partial charge on any atom is 0.317 e. The topological polar surface area (TPSA) is 70.7 Å². The van der Waals surface area contributed by atoms with E-state index in [-0.39, 0.29) is 24.1 Å². The Labute approximate surface area is 143 Å². The van der Waals surface area contributed by atoms with Gasteiger partial charge in [0.05, 0.1) is 12.1 Å². The Morgan fingerprint density at radius 1 is 1.42 bits per heavy atom. The highest BCUT2D eigenvalue weighted by molar-refractivity contribution is 5.88. The Morgan fingerprint density at radius 2 is 2.21 bits per heavy atom. The molecule has 6 nitrogen and oxygen atoms in total. The molecule has 0 saturated carbocycles. The summed E-state index contributed by atoms with van der Waals surface area (Å²) in [6, 6.07) is 7.27. The molecule has 1 aromatic carbocycles. The average Bonchev–Trinajstić information content (AvgIpc) is 3.05. The van der Waals surface area contributed by atoms with Crippen LogP contribution < -0.4 is 10.6 Å². The van der Waals surface area contributed by atoms with E-state index in [0.717, 1.165) is 30.7 Å². The van der Waals surface area contributed by atoms with Crippen molar-refractivity contribution < 1.29 is 14.3 Å². The molecule has 1 aliphatic heterocycles. The predicted molar refractivity (Wildman–Crippen MR) is 93.9 cm³/mol. The molecule has 1 saturated heterocycles. The summed E-state index contributed by atoms with van der Waals surface area (Å²) >= 11 is 0. The van der Waals surface area contributed by atoms with Crippen LogP contribution in [0.1, 0.15) is 45.2 Å². The van der Waals surface area contributed by atoms with E-state index < -0.39 is 0 Å². The lowest BCUT2D eigenvalue weighted by Crippen LogP contribution is -2.44. The van der Waals surface area contributed by atoms with Gasteiger partial charge in [-0.3, -0.25) is 4.79 Å². The van der Waals surface area contributed by atoms with Crippen LogP contribution in [0.3, 0.4) is 0 Å². The second-order valence-corrected chi connectivity index (χ2v) is 6.15. The summed E-state index contributed by atoms with van der Waals surface area (Å²) in [6.07, 6.45) is 2.22. The van der Waals surface area contributed by atoms with E-state index >= 15 is 0 Å². The SMILES string of the molecule is CCN(CC1CCCO1)C(=O)NC(C)c1cccc(NC(C)=O)c1. The van der Waals surface area contributed by atoms with Gasteiger partial charge in [0.1, 0.15) is 0 Å². The predicted octanol–water partition coefficient (Wildman–Crippen LogP) is 2.92. The molecular formula is C18H27N3O3. The summed E-state index contributed by atoms with van der Waals surface area (Å²) < 4.78 is 5.62. The number of nitrogens with one attached hydrogen (secondary N) is 2. The van der Waals surface area contributed by atoms with Gasteiger partial charge in [-0.25, -0.2) is 4.79 Å². The van der Waals surface area contributed by atoms with Gasteiger partial charge in [0.25, 0.3) is 0 Å². The average molecular weight is 333 g/mol. The summed E-state index contributed by atoms with van der Waals surface area (Å²) in [5.41, 5.74) is 1.68. The molecule has 0 radical (unpaired) electrons. The van der Waals surface area contributed by atoms with Crippen LogP contribution in [0.4, 0.5) is 10.5 Å². The van der Waals surface area contributed by atoms with E-state index in [1.54, 1.807) is 4.90 Å². The molecule has 24 heavy (non-hydrogen) atoms. The van der Waals surface area contributed by atoms with Crippen molar-refractivity contribution >= 4 is 17.6 Å². The van der Waals surface area contributed by atoms with Gasteiger partial charge >= 0.3 is 6.03 Å². The molecule has 6 heteroatoms. The second-order valence-electron chi connectivity index (χ2n) is 6.15. The Morgan fingerprint density at radius 3 is 2.83 bits per heavy atom. The number of benzene rings is 1. The van der Waals surface area contributed by atoms with E-state index in [9.17, 15) is 9.59 Å². The number of urea groups is 1.